The standard InChI is InChI=1S/C19H25N5O2/c1-3-5-18(25)22-15-7-8-17(20-10-15)24-12-16(21-13-24)19(26)23-9-4-6-14(2)11-23/h7-8,10,12-14H,3-6,9,11H2,1-2H3,(H,22,25)/t14-/m1/s1. The van der Waals surface area contributed by atoms with Crippen LogP contribution < -0.4 is 5.32 Å². The highest BCUT2D eigenvalue weighted by Crippen LogP contribution is 2.18. The van der Waals surface area contributed by atoms with Gasteiger partial charge in [0, 0.05) is 25.7 Å². The maximum Gasteiger partial charge on any atom is 0.274 e. The summed E-state index contributed by atoms with van der Waals surface area (Å²) >= 11 is 0. The van der Waals surface area contributed by atoms with Crippen LogP contribution in [0.25, 0.3) is 5.82 Å². The van der Waals surface area contributed by atoms with Crippen LogP contribution in [0.2, 0.25) is 0 Å². The van der Waals surface area contributed by atoms with Crippen LogP contribution in [0.3, 0.4) is 0 Å². The molecule has 1 N–H and O–H groups in total. The zero-order valence-electron chi connectivity index (χ0n) is 15.3. The van der Waals surface area contributed by atoms with Crippen molar-refractivity contribution in [2.75, 3.05) is 18.4 Å². The van der Waals surface area contributed by atoms with Crippen LogP contribution in [-0.4, -0.2) is 44.3 Å². The van der Waals surface area contributed by atoms with E-state index in [0.29, 0.717) is 29.5 Å². The first-order valence-corrected chi connectivity index (χ1v) is 9.16. The van der Waals surface area contributed by atoms with Gasteiger partial charge in [-0.3, -0.25) is 14.2 Å². The van der Waals surface area contributed by atoms with Crippen molar-refractivity contribution in [3.63, 3.8) is 0 Å². The van der Waals surface area contributed by atoms with Gasteiger partial charge in [-0.05, 0) is 37.3 Å². The molecule has 3 heterocycles. The number of rotatable bonds is 5. The third kappa shape index (κ3) is 4.28. The summed E-state index contributed by atoms with van der Waals surface area (Å²) in [5, 5.41) is 2.80. The molecule has 0 unspecified atom stereocenters. The van der Waals surface area contributed by atoms with Crippen LogP contribution >= 0.6 is 0 Å². The maximum absolute atomic E-state index is 12.6. The molecule has 2 amide bonds. The number of hydrogen-bond acceptors (Lipinski definition) is 4. The van der Waals surface area contributed by atoms with Crippen molar-refractivity contribution in [3.05, 3.63) is 36.5 Å². The lowest BCUT2D eigenvalue weighted by Gasteiger charge is -2.30. The minimum Gasteiger partial charge on any atom is -0.337 e. The molecule has 0 spiro atoms. The maximum atomic E-state index is 12.6. The molecule has 0 aromatic carbocycles. The average Bonchev–Trinajstić information content (AvgIpc) is 3.12. The Morgan fingerprint density at radius 2 is 2.15 bits per heavy atom. The minimum absolute atomic E-state index is 0.0201. The lowest BCUT2D eigenvalue weighted by Crippen LogP contribution is -2.39. The summed E-state index contributed by atoms with van der Waals surface area (Å²) in [6.45, 7) is 5.71. The number of carbonyl (C=O) groups is 2. The van der Waals surface area contributed by atoms with Gasteiger partial charge in [0.15, 0.2) is 0 Å². The number of hydrogen-bond donors (Lipinski definition) is 1. The molecule has 7 nitrogen and oxygen atoms in total. The number of likely N-dealkylation sites (tertiary alicyclic amines) is 1. The van der Waals surface area contributed by atoms with E-state index in [4.69, 9.17) is 0 Å². The number of amides is 2. The summed E-state index contributed by atoms with van der Waals surface area (Å²) in [4.78, 5) is 34.7. The fraction of sp³-hybridized carbons (Fsp3) is 0.474. The lowest BCUT2D eigenvalue weighted by atomic mass is 10.0. The van der Waals surface area contributed by atoms with Crippen molar-refractivity contribution < 1.29 is 9.59 Å². The SMILES string of the molecule is CCCC(=O)Nc1ccc(-n2cnc(C(=O)N3CCC[C@@H](C)C3)c2)nc1. The first kappa shape index (κ1) is 18.1. The number of imidazole rings is 1. The van der Waals surface area contributed by atoms with Crippen LogP contribution in [0, 0.1) is 5.92 Å². The molecule has 0 aliphatic carbocycles. The molecule has 2 aromatic heterocycles. The van der Waals surface area contributed by atoms with Crippen LogP contribution in [-0.2, 0) is 4.79 Å². The van der Waals surface area contributed by atoms with Crippen molar-refractivity contribution in [1.29, 1.82) is 0 Å². The summed E-state index contributed by atoms with van der Waals surface area (Å²) in [6.07, 6.45) is 8.42. The molecule has 1 atom stereocenters. The second-order valence-corrected chi connectivity index (χ2v) is 6.87. The Labute approximate surface area is 153 Å². The number of pyridine rings is 1. The zero-order chi connectivity index (χ0) is 18.5. The molecule has 1 saturated heterocycles. The Kier molecular flexibility index (Phi) is 5.65. The molecule has 138 valence electrons. The number of nitrogens with one attached hydrogen (secondary N) is 1. The van der Waals surface area contributed by atoms with Crippen LogP contribution in [0.1, 0.15) is 50.0 Å². The van der Waals surface area contributed by atoms with Crippen LogP contribution in [0.5, 0.6) is 0 Å². The number of aromatic nitrogens is 3. The van der Waals surface area contributed by atoms with Gasteiger partial charge in [0.1, 0.15) is 17.8 Å². The van der Waals surface area contributed by atoms with E-state index in [-0.39, 0.29) is 11.8 Å². The van der Waals surface area contributed by atoms with Crippen molar-refractivity contribution in [1.82, 2.24) is 19.4 Å². The molecule has 1 aliphatic rings. The molecular formula is C19H25N5O2. The van der Waals surface area contributed by atoms with E-state index in [2.05, 4.69) is 22.2 Å². The first-order chi connectivity index (χ1) is 12.6. The number of nitrogens with zero attached hydrogens (tertiary/aromatic N) is 4. The fourth-order valence-electron chi connectivity index (χ4n) is 3.16. The normalized spacial score (nSPS) is 17.2. The lowest BCUT2D eigenvalue weighted by molar-refractivity contribution is -0.116. The molecule has 0 radical (unpaired) electrons. The van der Waals surface area contributed by atoms with Gasteiger partial charge < -0.3 is 10.2 Å². The third-order valence-corrected chi connectivity index (χ3v) is 4.52. The Balaban J connectivity index is 1.67. The molecule has 7 heteroatoms. The highest BCUT2D eigenvalue weighted by atomic mass is 16.2. The molecule has 0 bridgehead atoms. The molecular weight excluding hydrogens is 330 g/mol. The number of anilines is 1. The Bertz CT molecular complexity index is 768. The molecule has 1 fully saturated rings. The largest absolute Gasteiger partial charge is 0.337 e. The predicted octanol–water partition coefficient (Wildman–Crippen LogP) is 2.88. The van der Waals surface area contributed by atoms with E-state index in [9.17, 15) is 9.59 Å². The van der Waals surface area contributed by atoms with E-state index >= 15 is 0 Å². The van der Waals surface area contributed by atoms with Gasteiger partial charge in [0.05, 0.1) is 11.9 Å². The van der Waals surface area contributed by atoms with Gasteiger partial charge >= 0.3 is 0 Å². The summed E-state index contributed by atoms with van der Waals surface area (Å²) in [6, 6.07) is 3.59. The average molecular weight is 355 g/mol. The summed E-state index contributed by atoms with van der Waals surface area (Å²) in [7, 11) is 0. The third-order valence-electron chi connectivity index (χ3n) is 4.52. The highest BCUT2D eigenvalue weighted by molar-refractivity contribution is 5.92. The Morgan fingerprint density at radius 3 is 2.85 bits per heavy atom. The van der Waals surface area contributed by atoms with Gasteiger partial charge in [0.2, 0.25) is 5.91 Å². The summed E-state index contributed by atoms with van der Waals surface area (Å²) in [5.41, 5.74) is 1.09. The zero-order valence-corrected chi connectivity index (χ0v) is 15.3. The van der Waals surface area contributed by atoms with E-state index in [1.165, 1.54) is 6.42 Å². The monoisotopic (exact) mass is 355 g/mol. The summed E-state index contributed by atoms with van der Waals surface area (Å²) < 4.78 is 1.72. The number of carbonyl (C=O) groups excluding carboxylic acids is 2. The first-order valence-electron chi connectivity index (χ1n) is 9.16. The molecule has 3 rings (SSSR count). The smallest absolute Gasteiger partial charge is 0.274 e. The number of piperidine rings is 1. The highest BCUT2D eigenvalue weighted by Gasteiger charge is 2.23. The van der Waals surface area contributed by atoms with E-state index < -0.39 is 0 Å². The Morgan fingerprint density at radius 1 is 1.31 bits per heavy atom. The van der Waals surface area contributed by atoms with Gasteiger partial charge in [-0.2, -0.15) is 0 Å². The molecule has 0 saturated carbocycles. The molecule has 26 heavy (non-hydrogen) atoms. The molecule has 1 aliphatic heterocycles. The second-order valence-electron chi connectivity index (χ2n) is 6.87. The van der Waals surface area contributed by atoms with Crippen molar-refractivity contribution in [3.8, 4) is 5.82 Å². The van der Waals surface area contributed by atoms with E-state index in [1.807, 2.05) is 11.8 Å². The van der Waals surface area contributed by atoms with Crippen LogP contribution in [0.15, 0.2) is 30.9 Å². The fourth-order valence-corrected chi connectivity index (χ4v) is 3.16. The van der Waals surface area contributed by atoms with Gasteiger partial charge in [-0.25, -0.2) is 9.97 Å². The van der Waals surface area contributed by atoms with Crippen molar-refractivity contribution in [2.24, 2.45) is 5.92 Å². The van der Waals surface area contributed by atoms with E-state index in [1.54, 1.807) is 35.4 Å². The van der Waals surface area contributed by atoms with Gasteiger partial charge in [-0.15, -0.1) is 0 Å². The topological polar surface area (TPSA) is 80.1 Å². The van der Waals surface area contributed by atoms with Crippen molar-refractivity contribution >= 4 is 17.5 Å². The Hall–Kier alpha value is -2.70. The van der Waals surface area contributed by atoms with Gasteiger partial charge in [0.25, 0.3) is 5.91 Å². The quantitative estimate of drug-likeness (QED) is 0.894. The second kappa shape index (κ2) is 8.12. The van der Waals surface area contributed by atoms with E-state index in [0.717, 1.165) is 25.9 Å². The summed E-state index contributed by atoms with van der Waals surface area (Å²) in [5.74, 6) is 1.14. The minimum atomic E-state index is -0.0289. The van der Waals surface area contributed by atoms with Crippen LogP contribution in [0.4, 0.5) is 5.69 Å². The van der Waals surface area contributed by atoms with Gasteiger partial charge in [-0.1, -0.05) is 13.8 Å². The molecule has 2 aromatic rings. The van der Waals surface area contributed by atoms with Crippen molar-refractivity contribution in [2.45, 2.75) is 39.5 Å². The predicted molar refractivity (Wildman–Crippen MR) is 99.2 cm³/mol.